The topological polar surface area (TPSA) is 59.3 Å². The van der Waals surface area contributed by atoms with Crippen molar-refractivity contribution < 1.29 is 9.59 Å². The molecule has 0 radical (unpaired) electrons. The lowest BCUT2D eigenvalue weighted by Crippen LogP contribution is -2.44. The zero-order valence-corrected chi connectivity index (χ0v) is 17.3. The van der Waals surface area contributed by atoms with Crippen molar-refractivity contribution in [1.29, 1.82) is 0 Å². The summed E-state index contributed by atoms with van der Waals surface area (Å²) in [5.41, 5.74) is 2.08. The summed E-state index contributed by atoms with van der Waals surface area (Å²) in [6.07, 6.45) is 3.86. The Morgan fingerprint density at radius 1 is 0.867 bits per heavy atom. The Balaban J connectivity index is 1.31. The van der Waals surface area contributed by atoms with E-state index in [1.54, 1.807) is 11.9 Å². The summed E-state index contributed by atoms with van der Waals surface area (Å²) in [4.78, 5) is 26.8. The van der Waals surface area contributed by atoms with E-state index in [2.05, 4.69) is 5.32 Å². The number of aromatic nitrogens is 2. The molecule has 4 aromatic rings. The van der Waals surface area contributed by atoms with Crippen LogP contribution in [0.5, 0.6) is 0 Å². The highest BCUT2D eigenvalue weighted by Gasteiger charge is 2.17. The summed E-state index contributed by atoms with van der Waals surface area (Å²) in [6.45, 7) is 2.88. The normalized spacial score (nSPS) is 12.2. The van der Waals surface area contributed by atoms with Gasteiger partial charge >= 0.3 is 0 Å². The molecule has 154 valence electrons. The van der Waals surface area contributed by atoms with Crippen molar-refractivity contribution in [1.82, 2.24) is 19.4 Å². The van der Waals surface area contributed by atoms with Crippen LogP contribution in [0.4, 0.5) is 0 Å². The number of benzene rings is 2. The maximum Gasteiger partial charge on any atom is 0.242 e. The number of likely N-dealkylation sites (N-methyl/N-ethyl adjacent to an activating group) is 1. The van der Waals surface area contributed by atoms with Gasteiger partial charge in [-0.2, -0.15) is 0 Å². The van der Waals surface area contributed by atoms with Crippen LogP contribution in [0, 0.1) is 0 Å². The van der Waals surface area contributed by atoms with Crippen LogP contribution in [0.1, 0.15) is 6.92 Å². The minimum atomic E-state index is -0.107. The molecule has 2 heterocycles. The first-order valence-electron chi connectivity index (χ1n) is 10.1. The molecule has 30 heavy (non-hydrogen) atoms. The Hall–Kier alpha value is -3.54. The minimum absolute atomic E-state index is 0.00880. The van der Waals surface area contributed by atoms with Crippen LogP contribution in [-0.4, -0.2) is 45.5 Å². The summed E-state index contributed by atoms with van der Waals surface area (Å²) in [5, 5.41) is 5.18. The van der Waals surface area contributed by atoms with E-state index in [-0.39, 0.29) is 30.9 Å². The molecule has 2 amide bonds. The zero-order chi connectivity index (χ0) is 21.1. The molecule has 0 saturated heterocycles. The van der Waals surface area contributed by atoms with Crippen LogP contribution in [0.3, 0.4) is 0 Å². The second-order valence-corrected chi connectivity index (χ2v) is 7.66. The van der Waals surface area contributed by atoms with Crippen molar-refractivity contribution in [3.63, 3.8) is 0 Å². The monoisotopic (exact) mass is 402 g/mol. The molecule has 6 nitrogen and oxygen atoms in total. The second-order valence-electron chi connectivity index (χ2n) is 7.66. The van der Waals surface area contributed by atoms with Crippen molar-refractivity contribution in [3.05, 3.63) is 73.1 Å². The Labute approximate surface area is 175 Å². The van der Waals surface area contributed by atoms with Gasteiger partial charge in [-0.15, -0.1) is 0 Å². The highest BCUT2D eigenvalue weighted by Crippen LogP contribution is 2.16. The quantitative estimate of drug-likeness (QED) is 0.516. The Bertz CT molecular complexity index is 1190. The van der Waals surface area contributed by atoms with E-state index in [9.17, 15) is 9.59 Å². The van der Waals surface area contributed by atoms with Crippen molar-refractivity contribution in [2.75, 3.05) is 13.6 Å². The number of rotatable bonds is 7. The summed E-state index contributed by atoms with van der Waals surface area (Å²) in [7, 11) is 1.78. The van der Waals surface area contributed by atoms with Crippen LogP contribution < -0.4 is 5.32 Å². The smallest absolute Gasteiger partial charge is 0.242 e. The Kier molecular flexibility index (Phi) is 5.57. The molecule has 0 fully saturated rings. The lowest BCUT2D eigenvalue weighted by molar-refractivity contribution is -0.132. The summed E-state index contributed by atoms with van der Waals surface area (Å²) < 4.78 is 3.89. The van der Waals surface area contributed by atoms with Gasteiger partial charge in [0.05, 0.1) is 0 Å². The fraction of sp³-hybridized carbons (Fsp3) is 0.250. The van der Waals surface area contributed by atoms with Crippen LogP contribution in [-0.2, 0) is 22.7 Å². The molecule has 1 N–H and O–H groups in total. The number of nitrogens with one attached hydrogen (secondary N) is 1. The fourth-order valence-corrected chi connectivity index (χ4v) is 3.67. The molecule has 4 rings (SSSR count). The molecule has 1 atom stereocenters. The van der Waals surface area contributed by atoms with Gasteiger partial charge in [-0.3, -0.25) is 9.59 Å². The zero-order valence-electron chi connectivity index (χ0n) is 17.3. The Morgan fingerprint density at radius 2 is 1.40 bits per heavy atom. The first kappa shape index (κ1) is 19.8. The van der Waals surface area contributed by atoms with Gasteiger partial charge in [0.2, 0.25) is 11.8 Å². The largest absolute Gasteiger partial charge is 0.352 e. The average Bonchev–Trinajstić information content (AvgIpc) is 3.36. The molecule has 2 aromatic carbocycles. The van der Waals surface area contributed by atoms with E-state index >= 15 is 0 Å². The van der Waals surface area contributed by atoms with Gasteiger partial charge in [0.25, 0.3) is 0 Å². The Morgan fingerprint density at radius 3 is 2.00 bits per heavy atom. The van der Waals surface area contributed by atoms with E-state index < -0.39 is 0 Å². The van der Waals surface area contributed by atoms with Crippen LogP contribution in [0.25, 0.3) is 21.8 Å². The summed E-state index contributed by atoms with van der Waals surface area (Å²) >= 11 is 0. The summed E-state index contributed by atoms with van der Waals surface area (Å²) in [6, 6.07) is 19.9. The third-order valence-corrected chi connectivity index (χ3v) is 5.63. The number of carbonyl (C=O) groups is 2. The SMILES string of the molecule is CC(CNC(=O)Cn1ccc2ccccc21)N(C)C(=O)Cn1ccc2ccccc21. The fourth-order valence-electron chi connectivity index (χ4n) is 3.67. The predicted molar refractivity (Wildman–Crippen MR) is 119 cm³/mol. The predicted octanol–water partition coefficient (Wildman–Crippen LogP) is 3.26. The highest BCUT2D eigenvalue weighted by molar-refractivity contribution is 5.84. The number of para-hydroxylation sites is 2. The van der Waals surface area contributed by atoms with Crippen molar-refractivity contribution in [2.24, 2.45) is 0 Å². The molecule has 6 heteroatoms. The van der Waals surface area contributed by atoms with E-state index in [0.717, 1.165) is 21.8 Å². The molecule has 0 aliphatic heterocycles. The third kappa shape index (κ3) is 4.08. The van der Waals surface area contributed by atoms with E-state index in [1.165, 1.54) is 0 Å². The molecule has 0 bridgehead atoms. The number of fused-ring (bicyclic) bond motifs is 2. The molecule has 0 aliphatic carbocycles. The van der Waals surface area contributed by atoms with Gasteiger partial charge in [0.1, 0.15) is 13.1 Å². The molecular formula is C24H26N4O2. The molecule has 0 saturated carbocycles. The van der Waals surface area contributed by atoms with Crippen LogP contribution in [0.15, 0.2) is 73.1 Å². The average molecular weight is 402 g/mol. The van der Waals surface area contributed by atoms with Gasteiger partial charge in [0, 0.05) is 43.1 Å². The van der Waals surface area contributed by atoms with Crippen molar-refractivity contribution in [2.45, 2.75) is 26.1 Å². The van der Waals surface area contributed by atoms with Gasteiger partial charge in [-0.1, -0.05) is 36.4 Å². The van der Waals surface area contributed by atoms with Gasteiger partial charge in [-0.25, -0.2) is 0 Å². The highest BCUT2D eigenvalue weighted by atomic mass is 16.2. The number of hydrogen-bond acceptors (Lipinski definition) is 2. The number of amides is 2. The number of nitrogens with zero attached hydrogens (tertiary/aromatic N) is 3. The first-order chi connectivity index (χ1) is 14.5. The molecular weight excluding hydrogens is 376 g/mol. The maximum atomic E-state index is 12.7. The standard InChI is InChI=1S/C24H26N4O2/c1-18(15-25-23(29)16-27-13-11-19-7-3-5-9-21(19)27)26(2)24(30)17-28-14-12-20-8-4-6-10-22(20)28/h3-14,18H,15-17H2,1-2H3,(H,25,29). The van der Waals surface area contributed by atoms with Crippen molar-refractivity contribution in [3.8, 4) is 0 Å². The minimum Gasteiger partial charge on any atom is -0.352 e. The third-order valence-electron chi connectivity index (χ3n) is 5.63. The molecule has 2 aromatic heterocycles. The maximum absolute atomic E-state index is 12.7. The van der Waals surface area contributed by atoms with Gasteiger partial charge in [-0.05, 0) is 42.0 Å². The lowest BCUT2D eigenvalue weighted by atomic mass is 10.2. The van der Waals surface area contributed by atoms with Crippen LogP contribution >= 0.6 is 0 Å². The van der Waals surface area contributed by atoms with Gasteiger partial charge < -0.3 is 19.4 Å². The number of carbonyl (C=O) groups excluding carboxylic acids is 2. The van der Waals surface area contributed by atoms with E-state index in [4.69, 9.17) is 0 Å². The molecule has 1 unspecified atom stereocenters. The lowest BCUT2D eigenvalue weighted by Gasteiger charge is -2.25. The van der Waals surface area contributed by atoms with Crippen LogP contribution in [0.2, 0.25) is 0 Å². The first-order valence-corrected chi connectivity index (χ1v) is 10.1. The summed E-state index contributed by atoms with van der Waals surface area (Å²) in [5.74, 6) is -0.0602. The van der Waals surface area contributed by atoms with Gasteiger partial charge in [0.15, 0.2) is 0 Å². The second kappa shape index (κ2) is 8.45. The molecule has 0 spiro atoms. The van der Waals surface area contributed by atoms with Crippen molar-refractivity contribution >= 4 is 33.6 Å². The molecule has 0 aliphatic rings. The number of hydrogen-bond donors (Lipinski definition) is 1. The van der Waals surface area contributed by atoms with E-state index in [1.807, 2.05) is 89.1 Å². The van der Waals surface area contributed by atoms with E-state index in [0.29, 0.717) is 6.54 Å².